The maximum atomic E-state index is 12.9. The second kappa shape index (κ2) is 9.55. The minimum Gasteiger partial charge on any atom is -0.496 e. The number of carbonyl (C=O) groups excluding carboxylic acids is 2. The molecule has 2 aliphatic rings. The number of nitrogens with two attached hydrogens (primary N) is 1. The molecule has 0 bridgehead atoms. The first-order chi connectivity index (χ1) is 18.3. The van der Waals surface area contributed by atoms with Crippen molar-refractivity contribution >= 4 is 51.2 Å². The number of piperidine rings is 1. The Labute approximate surface area is 227 Å². The third-order valence-corrected chi connectivity index (χ3v) is 8.41. The Morgan fingerprint density at radius 1 is 1.24 bits per heavy atom. The van der Waals surface area contributed by atoms with Gasteiger partial charge in [-0.2, -0.15) is 0 Å². The Kier molecular flexibility index (Phi) is 6.19. The summed E-state index contributed by atoms with van der Waals surface area (Å²) in [5.74, 6) is 1.35. The lowest BCUT2D eigenvalue weighted by atomic mass is 9.92. The lowest BCUT2D eigenvalue weighted by Gasteiger charge is -2.34. The van der Waals surface area contributed by atoms with E-state index >= 15 is 0 Å². The van der Waals surface area contributed by atoms with Crippen LogP contribution in [-0.2, 0) is 4.79 Å². The molecule has 3 N–H and O–H groups in total. The number of fused-ring (bicyclic) bond motifs is 2. The van der Waals surface area contributed by atoms with E-state index in [2.05, 4.69) is 15.3 Å². The zero-order valence-electron chi connectivity index (χ0n) is 20.9. The second-order valence-electron chi connectivity index (χ2n) is 9.63. The fourth-order valence-corrected chi connectivity index (χ4v) is 6.36. The third-order valence-electron chi connectivity index (χ3n) is 7.31. The summed E-state index contributed by atoms with van der Waals surface area (Å²) in [7, 11) is 1.54. The molecule has 0 aliphatic carbocycles. The van der Waals surface area contributed by atoms with Crippen LogP contribution in [0.3, 0.4) is 0 Å². The minimum absolute atomic E-state index is 0.00773. The summed E-state index contributed by atoms with van der Waals surface area (Å²) in [6.07, 6.45) is 6.54. The zero-order valence-corrected chi connectivity index (χ0v) is 22.5. The van der Waals surface area contributed by atoms with E-state index in [9.17, 15) is 9.59 Å². The number of hydrogen-bond acceptors (Lipinski definition) is 8. The highest BCUT2D eigenvalue weighted by molar-refractivity contribution is 7.15. The molecule has 3 aromatic heterocycles. The normalized spacial score (nSPS) is 19.1. The Hall–Kier alpha value is -3.70. The van der Waals surface area contributed by atoms with Gasteiger partial charge in [-0.3, -0.25) is 19.3 Å². The number of amides is 2. The molecule has 0 spiro atoms. The maximum Gasteiger partial charge on any atom is 0.257 e. The summed E-state index contributed by atoms with van der Waals surface area (Å²) in [5.41, 5.74) is 8.55. The van der Waals surface area contributed by atoms with Crippen molar-refractivity contribution in [3.05, 3.63) is 52.0 Å². The molecular weight excluding hydrogens is 526 g/mol. The number of imidazole rings is 1. The van der Waals surface area contributed by atoms with Gasteiger partial charge in [-0.05, 0) is 44.4 Å². The van der Waals surface area contributed by atoms with Crippen LogP contribution in [0.1, 0.15) is 52.7 Å². The van der Waals surface area contributed by atoms with Crippen molar-refractivity contribution < 1.29 is 14.3 Å². The van der Waals surface area contributed by atoms with Gasteiger partial charge in [0.1, 0.15) is 33.8 Å². The lowest BCUT2D eigenvalue weighted by Crippen LogP contribution is -2.41. The Morgan fingerprint density at radius 3 is 2.84 bits per heavy atom. The maximum absolute atomic E-state index is 12.9. The van der Waals surface area contributed by atoms with E-state index in [0.29, 0.717) is 57.4 Å². The fraction of sp³-hybridized carbons (Fsp3) is 0.346. The molecule has 2 amide bonds. The van der Waals surface area contributed by atoms with Crippen molar-refractivity contribution in [1.82, 2.24) is 24.3 Å². The number of aromatic nitrogens is 4. The number of carbonyl (C=O) groups is 2. The molecule has 2 aliphatic heterocycles. The predicted molar refractivity (Wildman–Crippen MR) is 146 cm³/mol. The number of rotatable bonds is 5. The van der Waals surface area contributed by atoms with Gasteiger partial charge in [0.25, 0.3) is 5.91 Å². The monoisotopic (exact) mass is 551 g/mol. The van der Waals surface area contributed by atoms with Crippen molar-refractivity contribution in [3.8, 4) is 17.0 Å². The largest absolute Gasteiger partial charge is 0.496 e. The van der Waals surface area contributed by atoms with Gasteiger partial charge in [0.15, 0.2) is 5.13 Å². The van der Waals surface area contributed by atoms with Gasteiger partial charge in [-0.15, -0.1) is 11.3 Å². The van der Waals surface area contributed by atoms with E-state index in [0.717, 1.165) is 30.0 Å². The smallest absolute Gasteiger partial charge is 0.257 e. The molecule has 0 radical (unpaired) electrons. The highest BCUT2D eigenvalue weighted by atomic mass is 35.5. The first kappa shape index (κ1) is 24.6. The molecular formula is C26H26ClN7O3S. The molecule has 2 saturated heterocycles. The Bertz CT molecular complexity index is 1580. The molecule has 2 fully saturated rings. The number of anilines is 2. The van der Waals surface area contributed by atoms with Crippen molar-refractivity contribution in [2.75, 3.05) is 24.7 Å². The first-order valence-corrected chi connectivity index (χ1v) is 13.6. The van der Waals surface area contributed by atoms with Crippen molar-refractivity contribution in [2.24, 2.45) is 0 Å². The molecule has 10 nitrogen and oxygen atoms in total. The number of nitrogens with zero attached hydrogens (tertiary/aromatic N) is 5. The van der Waals surface area contributed by atoms with Gasteiger partial charge < -0.3 is 15.4 Å². The SMILES string of the molecule is COc1cc(C(=O)Nc2ncc(C)s2)ccc1-c1nc(C2CCC3CCC(=O)N3C2)n2c(Cl)cnc(N)c12. The van der Waals surface area contributed by atoms with Gasteiger partial charge in [0.2, 0.25) is 5.91 Å². The number of benzene rings is 1. The molecule has 1 aromatic carbocycles. The van der Waals surface area contributed by atoms with Gasteiger partial charge in [0, 0.05) is 47.1 Å². The number of hydrogen-bond donors (Lipinski definition) is 2. The van der Waals surface area contributed by atoms with E-state index in [-0.39, 0.29) is 23.6 Å². The van der Waals surface area contributed by atoms with Crippen LogP contribution >= 0.6 is 22.9 Å². The Balaban J connectivity index is 1.41. The van der Waals surface area contributed by atoms with Crippen molar-refractivity contribution in [2.45, 2.75) is 44.6 Å². The van der Waals surface area contributed by atoms with E-state index < -0.39 is 0 Å². The summed E-state index contributed by atoms with van der Waals surface area (Å²) >= 11 is 8.05. The average molecular weight is 552 g/mol. The topological polar surface area (TPSA) is 128 Å². The van der Waals surface area contributed by atoms with Crippen LogP contribution in [0.25, 0.3) is 16.8 Å². The summed E-state index contributed by atoms with van der Waals surface area (Å²) in [4.78, 5) is 41.8. The lowest BCUT2D eigenvalue weighted by molar-refractivity contribution is -0.130. The molecule has 4 aromatic rings. The van der Waals surface area contributed by atoms with Gasteiger partial charge in [-0.25, -0.2) is 15.0 Å². The number of nitrogens with one attached hydrogen (secondary N) is 1. The molecule has 38 heavy (non-hydrogen) atoms. The van der Waals surface area contributed by atoms with Crippen LogP contribution in [0.5, 0.6) is 5.75 Å². The number of aryl methyl sites for hydroxylation is 1. The molecule has 5 heterocycles. The predicted octanol–water partition coefficient (Wildman–Crippen LogP) is 4.53. The van der Waals surface area contributed by atoms with Crippen molar-refractivity contribution in [3.63, 3.8) is 0 Å². The van der Waals surface area contributed by atoms with Crippen LogP contribution < -0.4 is 15.8 Å². The van der Waals surface area contributed by atoms with Crippen LogP contribution in [0.4, 0.5) is 10.9 Å². The third kappa shape index (κ3) is 4.15. The van der Waals surface area contributed by atoms with Gasteiger partial charge in [-0.1, -0.05) is 11.6 Å². The standard InChI is InChI=1S/C26H26ClN7O3S/c1-13-10-30-26(38-13)32-25(36)14-4-7-17(18(9-14)37-2)21-22-23(28)29-11-19(27)34(22)24(31-21)15-3-5-16-6-8-20(35)33(16)12-15/h4,7,9-11,15-16H,3,5-6,8,12H2,1-2H3,(H2,28,29)(H,30,32,36). The highest BCUT2D eigenvalue weighted by Gasteiger charge is 2.38. The summed E-state index contributed by atoms with van der Waals surface area (Å²) in [6, 6.07) is 5.46. The van der Waals surface area contributed by atoms with Gasteiger partial charge in [0.05, 0.1) is 13.3 Å². The molecule has 6 rings (SSSR count). The molecule has 2 atom stereocenters. The number of ether oxygens (including phenoxy) is 1. The number of nitrogen functional groups attached to an aromatic ring is 1. The van der Waals surface area contributed by atoms with Crippen molar-refractivity contribution in [1.29, 1.82) is 0 Å². The van der Waals surface area contributed by atoms with E-state index in [1.54, 1.807) is 31.5 Å². The number of methoxy groups -OCH3 is 1. The Morgan fingerprint density at radius 2 is 2.08 bits per heavy atom. The summed E-state index contributed by atoms with van der Waals surface area (Å²) < 4.78 is 7.53. The number of thiazole rings is 1. The second-order valence-corrected chi connectivity index (χ2v) is 11.2. The summed E-state index contributed by atoms with van der Waals surface area (Å²) in [5, 5.41) is 3.73. The van der Waals surface area contributed by atoms with Gasteiger partial charge >= 0.3 is 0 Å². The number of halogens is 1. The van der Waals surface area contributed by atoms with Crippen LogP contribution in [-0.4, -0.2) is 55.8 Å². The van der Waals surface area contributed by atoms with E-state index in [1.165, 1.54) is 17.5 Å². The molecule has 196 valence electrons. The molecule has 2 unspecified atom stereocenters. The fourth-order valence-electron chi connectivity index (χ4n) is 5.48. The molecule has 0 saturated carbocycles. The van der Waals surface area contributed by atoms with Crippen LogP contribution in [0.15, 0.2) is 30.6 Å². The average Bonchev–Trinajstić information content (AvgIpc) is 3.63. The van der Waals surface area contributed by atoms with Crippen LogP contribution in [0.2, 0.25) is 5.15 Å². The minimum atomic E-state index is -0.296. The first-order valence-electron chi connectivity index (χ1n) is 12.4. The quantitative estimate of drug-likeness (QED) is 0.373. The highest BCUT2D eigenvalue weighted by Crippen LogP contribution is 2.41. The summed E-state index contributed by atoms with van der Waals surface area (Å²) in [6.45, 7) is 2.52. The zero-order chi connectivity index (χ0) is 26.6. The van der Waals surface area contributed by atoms with Crippen LogP contribution in [0, 0.1) is 6.92 Å². The van der Waals surface area contributed by atoms with E-state index in [1.807, 2.05) is 16.2 Å². The van der Waals surface area contributed by atoms with E-state index in [4.69, 9.17) is 27.1 Å². The molecule has 12 heteroatoms.